The summed E-state index contributed by atoms with van der Waals surface area (Å²) >= 11 is 0. The van der Waals surface area contributed by atoms with E-state index in [1.54, 1.807) is 7.11 Å². The molecule has 6 atom stereocenters. The van der Waals surface area contributed by atoms with E-state index in [9.17, 15) is 14.7 Å². The highest BCUT2D eigenvalue weighted by Crippen LogP contribution is 2.42. The van der Waals surface area contributed by atoms with Gasteiger partial charge in [-0.1, -0.05) is 44.2 Å². The zero-order valence-electron chi connectivity index (χ0n) is 24.2. The van der Waals surface area contributed by atoms with Crippen LogP contribution < -0.4 is 15.4 Å². The molecule has 10 nitrogen and oxygen atoms in total. The molecule has 2 fully saturated rings. The van der Waals surface area contributed by atoms with E-state index in [4.69, 9.17) is 18.9 Å². The van der Waals surface area contributed by atoms with E-state index in [1.807, 2.05) is 60.4 Å². The summed E-state index contributed by atoms with van der Waals surface area (Å²) in [6.07, 6.45) is -1.19. The summed E-state index contributed by atoms with van der Waals surface area (Å²) in [6.45, 7) is 7.57. The number of aliphatic hydroxyl groups excluding tert-OH is 1. The van der Waals surface area contributed by atoms with Gasteiger partial charge in [0.15, 0.2) is 6.29 Å². The zero-order valence-corrected chi connectivity index (χ0v) is 24.2. The van der Waals surface area contributed by atoms with Gasteiger partial charge >= 0.3 is 6.09 Å². The number of ether oxygens (including phenoxy) is 4. The minimum absolute atomic E-state index is 0.0117. The highest BCUT2D eigenvalue weighted by Gasteiger charge is 2.49. The Morgan fingerprint density at radius 1 is 1.20 bits per heavy atom. The molecule has 1 unspecified atom stereocenters. The first kappa shape index (κ1) is 29.3. The van der Waals surface area contributed by atoms with Crippen LogP contribution in [-0.2, 0) is 31.0 Å². The van der Waals surface area contributed by atoms with E-state index in [-0.39, 0.29) is 37.2 Å². The van der Waals surface area contributed by atoms with Crippen LogP contribution in [-0.4, -0.2) is 80.0 Å². The smallest absolute Gasteiger partial charge is 0.407 e. The Morgan fingerprint density at radius 3 is 2.71 bits per heavy atom. The van der Waals surface area contributed by atoms with Gasteiger partial charge < -0.3 is 34.7 Å². The van der Waals surface area contributed by atoms with E-state index in [2.05, 4.69) is 24.5 Å². The molecular weight excluding hydrogens is 526 g/mol. The lowest BCUT2D eigenvalue weighted by molar-refractivity contribution is -0.128. The fourth-order valence-corrected chi connectivity index (χ4v) is 6.10. The molecule has 2 aromatic rings. The second-order valence-corrected chi connectivity index (χ2v) is 11.7. The summed E-state index contributed by atoms with van der Waals surface area (Å²) in [5, 5.41) is 17.6. The SMILES string of the molecule is COc1ccc2c(c1)C(C)(N(CC(C)C)C[C@@H](O)[C@H](Cc1ccccc1)NC(=O)O[C@H]1CO[C@H]3OCC[C@H]31)C(=O)N2. The van der Waals surface area contributed by atoms with E-state index >= 15 is 0 Å². The molecule has 0 saturated carbocycles. The standard InChI is InChI=1S/C31H41N3O7/c1-19(2)16-34(31(3)23-15-21(38-4)10-11-24(23)32-29(31)36)17-26(35)25(14-20-8-6-5-7-9-20)33-30(37)41-27-18-40-28-22(27)12-13-39-28/h5-11,15,19,22,25-28,35H,12-14,16-18H2,1-4H3,(H,32,36)(H,33,37)/t22-,25-,26+,27-,28+,31?/m0/s1. The molecule has 2 aromatic carbocycles. The van der Waals surface area contributed by atoms with E-state index < -0.39 is 29.9 Å². The van der Waals surface area contributed by atoms with Crippen LogP contribution in [0.3, 0.4) is 0 Å². The van der Waals surface area contributed by atoms with E-state index in [1.165, 1.54) is 0 Å². The highest BCUT2D eigenvalue weighted by molar-refractivity contribution is 6.05. The summed E-state index contributed by atoms with van der Waals surface area (Å²) < 4.78 is 22.4. The van der Waals surface area contributed by atoms with Crippen LogP contribution in [0.4, 0.5) is 10.5 Å². The molecule has 0 radical (unpaired) electrons. The van der Waals surface area contributed by atoms with Gasteiger partial charge in [0.25, 0.3) is 0 Å². The Labute approximate surface area is 241 Å². The van der Waals surface area contributed by atoms with Crippen LogP contribution in [0.15, 0.2) is 48.5 Å². The fraction of sp³-hybridized carbons (Fsp3) is 0.548. The molecule has 0 bridgehead atoms. The number of hydrogen-bond donors (Lipinski definition) is 3. The first-order chi connectivity index (χ1) is 19.7. The molecular formula is C31H41N3O7. The van der Waals surface area contributed by atoms with Crippen LogP contribution in [0.25, 0.3) is 0 Å². The van der Waals surface area contributed by atoms with Gasteiger partial charge in [0, 0.05) is 24.3 Å². The number of methoxy groups -OCH3 is 1. The number of aliphatic hydroxyl groups is 1. The van der Waals surface area contributed by atoms with Gasteiger partial charge in [-0.2, -0.15) is 0 Å². The average molecular weight is 568 g/mol. The number of nitrogens with one attached hydrogen (secondary N) is 2. The van der Waals surface area contributed by atoms with Crippen molar-refractivity contribution in [3.05, 3.63) is 59.7 Å². The number of alkyl carbamates (subject to hydrolysis) is 1. The third-order valence-electron chi connectivity index (χ3n) is 8.38. The molecule has 3 N–H and O–H groups in total. The number of carbonyl (C=O) groups excluding carboxylic acids is 2. The van der Waals surface area contributed by atoms with Crippen molar-refractivity contribution in [2.24, 2.45) is 11.8 Å². The molecule has 2 saturated heterocycles. The number of nitrogens with zero attached hydrogens (tertiary/aromatic N) is 1. The van der Waals surface area contributed by atoms with Crippen LogP contribution >= 0.6 is 0 Å². The minimum Gasteiger partial charge on any atom is -0.497 e. The van der Waals surface area contributed by atoms with Crippen molar-refractivity contribution < 1.29 is 33.6 Å². The number of anilines is 1. The molecule has 3 heterocycles. The van der Waals surface area contributed by atoms with Crippen LogP contribution in [0.1, 0.15) is 38.3 Å². The number of hydrogen-bond acceptors (Lipinski definition) is 8. The molecule has 10 heteroatoms. The Bertz CT molecular complexity index is 1230. The lowest BCUT2D eigenvalue weighted by atomic mass is 9.89. The van der Waals surface area contributed by atoms with Gasteiger partial charge in [-0.25, -0.2) is 4.79 Å². The maximum Gasteiger partial charge on any atom is 0.407 e. The maximum atomic E-state index is 13.5. The van der Waals surface area contributed by atoms with Crippen molar-refractivity contribution in [3.63, 3.8) is 0 Å². The van der Waals surface area contributed by atoms with Crippen molar-refractivity contribution in [1.82, 2.24) is 10.2 Å². The maximum absolute atomic E-state index is 13.5. The molecule has 41 heavy (non-hydrogen) atoms. The molecule has 0 aromatic heterocycles. The number of rotatable bonds is 11. The topological polar surface area (TPSA) is 119 Å². The summed E-state index contributed by atoms with van der Waals surface area (Å²) in [5.74, 6) is 0.692. The Morgan fingerprint density at radius 2 is 1.98 bits per heavy atom. The van der Waals surface area contributed by atoms with E-state index in [0.717, 1.165) is 23.2 Å². The van der Waals surface area contributed by atoms with Crippen molar-refractivity contribution >= 4 is 17.7 Å². The summed E-state index contributed by atoms with van der Waals surface area (Å²) in [7, 11) is 1.59. The second kappa shape index (κ2) is 12.4. The predicted molar refractivity (Wildman–Crippen MR) is 153 cm³/mol. The van der Waals surface area contributed by atoms with Crippen molar-refractivity contribution in [2.45, 2.75) is 63.7 Å². The highest BCUT2D eigenvalue weighted by atomic mass is 16.7. The Balaban J connectivity index is 1.37. The third-order valence-corrected chi connectivity index (χ3v) is 8.38. The molecule has 0 aliphatic carbocycles. The fourth-order valence-electron chi connectivity index (χ4n) is 6.10. The summed E-state index contributed by atoms with van der Waals surface area (Å²) in [5.41, 5.74) is 1.42. The number of amides is 2. The third kappa shape index (κ3) is 6.21. The largest absolute Gasteiger partial charge is 0.497 e. The van der Waals surface area contributed by atoms with Crippen LogP contribution in [0.2, 0.25) is 0 Å². The van der Waals surface area contributed by atoms with Crippen molar-refractivity contribution in [3.8, 4) is 5.75 Å². The van der Waals surface area contributed by atoms with Gasteiger partial charge in [-0.05, 0) is 49.4 Å². The second-order valence-electron chi connectivity index (χ2n) is 11.7. The van der Waals surface area contributed by atoms with Gasteiger partial charge in [0.1, 0.15) is 17.4 Å². The molecule has 2 amide bonds. The van der Waals surface area contributed by atoms with E-state index in [0.29, 0.717) is 25.3 Å². The molecule has 3 aliphatic rings. The first-order valence-electron chi connectivity index (χ1n) is 14.4. The Hall–Kier alpha value is -3.18. The molecule has 0 spiro atoms. The summed E-state index contributed by atoms with van der Waals surface area (Å²) in [6, 6.07) is 14.5. The lowest BCUT2D eigenvalue weighted by Gasteiger charge is -2.40. The average Bonchev–Trinajstić information content (AvgIpc) is 3.63. The Kier molecular flexibility index (Phi) is 8.84. The first-order valence-corrected chi connectivity index (χ1v) is 14.4. The van der Waals surface area contributed by atoms with Gasteiger partial charge in [0.2, 0.25) is 5.91 Å². The van der Waals surface area contributed by atoms with Crippen molar-refractivity contribution in [2.75, 3.05) is 38.7 Å². The number of fused-ring (bicyclic) bond motifs is 2. The quantitative estimate of drug-likeness (QED) is 0.379. The summed E-state index contributed by atoms with van der Waals surface area (Å²) in [4.78, 5) is 28.6. The number of benzene rings is 2. The number of carbonyl (C=O) groups is 2. The molecule has 222 valence electrons. The molecule has 3 aliphatic heterocycles. The van der Waals surface area contributed by atoms with Gasteiger partial charge in [-0.15, -0.1) is 0 Å². The normalized spacial score (nSPS) is 26.4. The monoisotopic (exact) mass is 567 g/mol. The zero-order chi connectivity index (χ0) is 29.1. The van der Waals surface area contributed by atoms with Crippen LogP contribution in [0, 0.1) is 11.8 Å². The van der Waals surface area contributed by atoms with Crippen molar-refractivity contribution in [1.29, 1.82) is 0 Å². The minimum atomic E-state index is -1.05. The van der Waals surface area contributed by atoms with Gasteiger partial charge in [-0.3, -0.25) is 9.69 Å². The predicted octanol–water partition coefficient (Wildman–Crippen LogP) is 3.28. The van der Waals surface area contributed by atoms with Gasteiger partial charge in [0.05, 0.1) is 38.4 Å². The van der Waals surface area contributed by atoms with Crippen LogP contribution in [0.5, 0.6) is 5.75 Å². The lowest BCUT2D eigenvalue weighted by Crippen LogP contribution is -2.56. The molecule has 5 rings (SSSR count).